The van der Waals surface area contributed by atoms with Crippen LogP contribution >= 0.6 is 0 Å². The summed E-state index contributed by atoms with van der Waals surface area (Å²) in [5.74, 6) is -3.29. The number of alkyl halides is 3. The monoisotopic (exact) mass is 582 g/mol. The molecule has 2 aromatic carbocycles. The largest absolute Gasteiger partial charge is 0.483 e. The van der Waals surface area contributed by atoms with Gasteiger partial charge >= 0.3 is 6.18 Å². The van der Waals surface area contributed by atoms with Crippen LogP contribution in [0.3, 0.4) is 0 Å². The van der Waals surface area contributed by atoms with E-state index in [9.17, 15) is 43.6 Å². The smallest absolute Gasteiger partial charge is 0.422 e. The molecule has 0 N–H and O–H groups in total. The molecule has 2 aliphatic rings. The van der Waals surface area contributed by atoms with Crippen LogP contribution in [0.4, 0.5) is 27.6 Å². The van der Waals surface area contributed by atoms with Gasteiger partial charge in [0.25, 0.3) is 5.91 Å². The van der Waals surface area contributed by atoms with Gasteiger partial charge in [-0.05, 0) is 37.1 Å². The molecule has 8 nitrogen and oxygen atoms in total. The number of hydrogen-bond acceptors (Lipinski definition) is 7. The number of halogens is 5. The minimum Gasteiger partial charge on any atom is -0.483 e. The Labute approximate surface area is 215 Å². The Bertz CT molecular complexity index is 1470. The van der Waals surface area contributed by atoms with Crippen LogP contribution in [0.5, 0.6) is 5.75 Å². The summed E-state index contributed by atoms with van der Waals surface area (Å²) in [6.07, 6.45) is -3.05. The van der Waals surface area contributed by atoms with E-state index in [1.165, 1.54) is 9.80 Å². The topological polar surface area (TPSA) is 101 Å². The predicted octanol–water partition coefficient (Wildman–Crippen LogP) is 3.21. The van der Waals surface area contributed by atoms with Gasteiger partial charge in [-0.3, -0.25) is 4.79 Å². The highest BCUT2D eigenvalue weighted by Gasteiger charge is 2.39. The number of benzene rings is 2. The average molecular weight is 583 g/mol. The zero-order valence-electron chi connectivity index (χ0n) is 20.0. The number of carbonyl (C=O) groups is 1. The standard InChI is InChI=1S/C23H23F5N2O6S2/c1-37(32,33)15-4-5-20(36-13-23(26,27)28)16(10-15)22(31)30-8-6-29(7-9-30)19-11-18(25)21(12-17(19)24)38(34,35)14-2-3-14/h4-5,10-12,14H,2-3,6-9,13H2,1H3. The number of rotatable bonds is 7. The first-order chi connectivity index (χ1) is 17.6. The summed E-state index contributed by atoms with van der Waals surface area (Å²) < 4.78 is 121. The fourth-order valence-electron chi connectivity index (χ4n) is 4.05. The Morgan fingerprint density at radius 3 is 2.16 bits per heavy atom. The van der Waals surface area contributed by atoms with Gasteiger partial charge in [0.05, 0.1) is 21.4 Å². The summed E-state index contributed by atoms with van der Waals surface area (Å²) in [5.41, 5.74) is -0.588. The third-order valence-corrected chi connectivity index (χ3v) is 9.56. The van der Waals surface area contributed by atoms with Crippen LogP contribution in [0.1, 0.15) is 23.2 Å². The van der Waals surface area contributed by atoms with Gasteiger partial charge < -0.3 is 14.5 Å². The molecule has 38 heavy (non-hydrogen) atoms. The van der Waals surface area contributed by atoms with Gasteiger partial charge in [0.1, 0.15) is 22.3 Å². The molecule has 1 saturated carbocycles. The fourth-order valence-corrected chi connectivity index (χ4v) is 6.41. The van der Waals surface area contributed by atoms with Crippen molar-refractivity contribution in [1.82, 2.24) is 4.90 Å². The van der Waals surface area contributed by atoms with E-state index in [0.29, 0.717) is 18.9 Å². The lowest BCUT2D eigenvalue weighted by molar-refractivity contribution is -0.153. The highest BCUT2D eigenvalue weighted by molar-refractivity contribution is 7.92. The van der Waals surface area contributed by atoms with Gasteiger partial charge in [-0.15, -0.1) is 0 Å². The Morgan fingerprint density at radius 1 is 0.974 bits per heavy atom. The van der Waals surface area contributed by atoms with Gasteiger partial charge in [0.15, 0.2) is 26.3 Å². The molecule has 0 atom stereocenters. The maximum Gasteiger partial charge on any atom is 0.422 e. The number of nitrogens with zero attached hydrogens (tertiary/aromatic N) is 2. The molecule has 0 spiro atoms. The van der Waals surface area contributed by atoms with E-state index < -0.39 is 71.5 Å². The third kappa shape index (κ3) is 6.03. The molecule has 1 saturated heterocycles. The first-order valence-electron chi connectivity index (χ1n) is 11.4. The van der Waals surface area contributed by atoms with Crippen molar-refractivity contribution in [3.8, 4) is 5.75 Å². The zero-order chi connectivity index (χ0) is 28.0. The van der Waals surface area contributed by atoms with Crippen molar-refractivity contribution < 1.29 is 48.3 Å². The molecular weight excluding hydrogens is 559 g/mol. The molecule has 15 heteroatoms. The van der Waals surface area contributed by atoms with Crippen molar-refractivity contribution in [3.05, 3.63) is 47.5 Å². The maximum absolute atomic E-state index is 14.8. The molecule has 1 aliphatic heterocycles. The normalized spacial score (nSPS) is 17.0. The lowest BCUT2D eigenvalue weighted by Gasteiger charge is -2.36. The van der Waals surface area contributed by atoms with Gasteiger partial charge in [-0.25, -0.2) is 25.6 Å². The molecule has 2 aromatic rings. The Kier molecular flexibility index (Phi) is 7.38. The summed E-state index contributed by atoms with van der Waals surface area (Å²) >= 11 is 0. The third-order valence-electron chi connectivity index (χ3n) is 6.18. The average Bonchev–Trinajstić information content (AvgIpc) is 3.69. The molecule has 0 bridgehead atoms. The van der Waals surface area contributed by atoms with E-state index in [0.717, 1.165) is 30.5 Å². The quantitative estimate of drug-likeness (QED) is 0.463. The van der Waals surface area contributed by atoms with Crippen LogP contribution in [-0.4, -0.2) is 78.1 Å². The van der Waals surface area contributed by atoms with Gasteiger partial charge in [0, 0.05) is 38.5 Å². The van der Waals surface area contributed by atoms with Crippen molar-refractivity contribution in [2.75, 3.05) is 43.9 Å². The van der Waals surface area contributed by atoms with E-state index in [1.807, 2.05) is 0 Å². The second kappa shape index (κ2) is 9.98. The van der Waals surface area contributed by atoms with Gasteiger partial charge in [-0.2, -0.15) is 13.2 Å². The first kappa shape index (κ1) is 28.1. The molecular formula is C23H23F5N2O6S2. The minimum atomic E-state index is -4.70. The number of carbonyl (C=O) groups excluding carboxylic acids is 1. The lowest BCUT2D eigenvalue weighted by atomic mass is 10.1. The molecule has 1 aliphatic carbocycles. The molecule has 208 valence electrons. The van der Waals surface area contributed by atoms with Crippen LogP contribution < -0.4 is 9.64 Å². The van der Waals surface area contributed by atoms with E-state index in [4.69, 9.17) is 4.74 Å². The maximum atomic E-state index is 14.8. The number of amides is 1. The second-order valence-electron chi connectivity index (χ2n) is 9.09. The molecule has 1 heterocycles. The summed E-state index contributed by atoms with van der Waals surface area (Å²) in [6, 6.07) is 4.38. The van der Waals surface area contributed by atoms with Crippen molar-refractivity contribution in [2.24, 2.45) is 0 Å². The van der Waals surface area contributed by atoms with E-state index in [2.05, 4.69) is 0 Å². The van der Waals surface area contributed by atoms with Gasteiger partial charge in [0.2, 0.25) is 0 Å². The first-order valence-corrected chi connectivity index (χ1v) is 14.8. The van der Waals surface area contributed by atoms with Gasteiger partial charge in [-0.1, -0.05) is 0 Å². The number of piperazine rings is 1. The van der Waals surface area contributed by atoms with Crippen molar-refractivity contribution in [1.29, 1.82) is 0 Å². The molecule has 0 radical (unpaired) electrons. The highest BCUT2D eigenvalue weighted by Crippen LogP contribution is 2.36. The summed E-state index contributed by atoms with van der Waals surface area (Å²) in [6.45, 7) is -1.85. The molecule has 0 unspecified atom stereocenters. The summed E-state index contributed by atoms with van der Waals surface area (Å²) in [7, 11) is -7.76. The predicted molar refractivity (Wildman–Crippen MR) is 126 cm³/mol. The molecule has 1 amide bonds. The molecule has 2 fully saturated rings. The minimum absolute atomic E-state index is 0.0126. The van der Waals surface area contributed by atoms with E-state index in [-0.39, 0.29) is 36.8 Å². The molecule has 4 rings (SSSR count). The second-order valence-corrected chi connectivity index (χ2v) is 13.3. The van der Waals surface area contributed by atoms with Crippen LogP contribution in [-0.2, 0) is 19.7 Å². The zero-order valence-corrected chi connectivity index (χ0v) is 21.6. The van der Waals surface area contributed by atoms with E-state index in [1.54, 1.807) is 0 Å². The number of sulfone groups is 2. The number of ether oxygens (including phenoxy) is 1. The van der Waals surface area contributed by atoms with Crippen molar-refractivity contribution in [3.63, 3.8) is 0 Å². The van der Waals surface area contributed by atoms with Crippen molar-refractivity contribution >= 4 is 31.3 Å². The SMILES string of the molecule is CS(=O)(=O)c1ccc(OCC(F)(F)F)c(C(=O)N2CCN(c3cc(F)c(S(=O)(=O)C4CC4)cc3F)CC2)c1. The Balaban J connectivity index is 1.53. The summed E-state index contributed by atoms with van der Waals surface area (Å²) in [5, 5.41) is -0.719. The number of hydrogen-bond donors (Lipinski definition) is 0. The van der Waals surface area contributed by atoms with Crippen LogP contribution in [0.15, 0.2) is 40.1 Å². The summed E-state index contributed by atoms with van der Waals surface area (Å²) in [4.78, 5) is 14.8. The molecule has 0 aromatic heterocycles. The van der Waals surface area contributed by atoms with E-state index >= 15 is 0 Å². The lowest BCUT2D eigenvalue weighted by Crippen LogP contribution is -2.49. The van der Waals surface area contributed by atoms with Crippen LogP contribution in [0.25, 0.3) is 0 Å². The fraction of sp³-hybridized carbons (Fsp3) is 0.435. The highest BCUT2D eigenvalue weighted by atomic mass is 32.2. The number of anilines is 1. The Morgan fingerprint density at radius 2 is 1.61 bits per heavy atom. The van der Waals surface area contributed by atoms with Crippen LogP contribution in [0, 0.1) is 11.6 Å². The van der Waals surface area contributed by atoms with Crippen LogP contribution in [0.2, 0.25) is 0 Å². The van der Waals surface area contributed by atoms with Crippen molar-refractivity contribution in [2.45, 2.75) is 34.1 Å². The Hall–Kier alpha value is -2.94.